The van der Waals surface area contributed by atoms with Crippen molar-refractivity contribution < 1.29 is 9.53 Å². The highest BCUT2D eigenvalue weighted by atomic mass is 16.5. The van der Waals surface area contributed by atoms with Gasteiger partial charge in [-0.1, -0.05) is 66.2 Å². The fraction of sp³-hybridized carbons (Fsp3) is 0.120. The molecule has 0 bridgehead atoms. The zero-order valence-corrected chi connectivity index (χ0v) is 16.5. The first-order valence-corrected chi connectivity index (χ1v) is 9.56. The summed E-state index contributed by atoms with van der Waals surface area (Å²) < 4.78 is 6.06. The van der Waals surface area contributed by atoms with Crippen molar-refractivity contribution in [2.75, 3.05) is 5.01 Å². The van der Waals surface area contributed by atoms with Gasteiger partial charge >= 0.3 is 0 Å². The van der Waals surface area contributed by atoms with Gasteiger partial charge in [0.2, 0.25) is 0 Å². The standard InChI is InChI=1S/C25H22N2O2/c1-18-9-8-10-20(15-18)17-29-24-14-7-6-11-21(24)16-23-19(2)26-27(25(23)28)22-12-4-3-5-13-22/h3-16H,17H2,1-2H3. The molecule has 0 N–H and O–H groups in total. The number of carbonyl (C=O) groups excluding carboxylic acids is 1. The smallest absolute Gasteiger partial charge is 0.280 e. The summed E-state index contributed by atoms with van der Waals surface area (Å²) in [6.07, 6.45) is 1.86. The molecule has 0 saturated heterocycles. The lowest BCUT2D eigenvalue weighted by molar-refractivity contribution is -0.114. The molecule has 4 heteroatoms. The van der Waals surface area contributed by atoms with Crippen molar-refractivity contribution in [2.24, 2.45) is 5.10 Å². The third-order valence-corrected chi connectivity index (χ3v) is 4.76. The average Bonchev–Trinajstić information content (AvgIpc) is 3.02. The van der Waals surface area contributed by atoms with Gasteiger partial charge in [0.15, 0.2) is 0 Å². The third-order valence-electron chi connectivity index (χ3n) is 4.76. The maximum atomic E-state index is 13.0. The van der Waals surface area contributed by atoms with E-state index >= 15 is 0 Å². The molecule has 144 valence electrons. The molecule has 0 radical (unpaired) electrons. The number of hydrazone groups is 1. The molecule has 1 aliphatic rings. The quantitative estimate of drug-likeness (QED) is 0.556. The number of nitrogens with zero attached hydrogens (tertiary/aromatic N) is 2. The summed E-state index contributed by atoms with van der Waals surface area (Å²) in [5.41, 5.74) is 5.17. The summed E-state index contributed by atoms with van der Waals surface area (Å²) >= 11 is 0. The second-order valence-corrected chi connectivity index (χ2v) is 7.01. The number of anilines is 1. The van der Waals surface area contributed by atoms with Crippen LogP contribution in [0.5, 0.6) is 5.75 Å². The monoisotopic (exact) mass is 382 g/mol. The topological polar surface area (TPSA) is 41.9 Å². The molecule has 3 aromatic rings. The second-order valence-electron chi connectivity index (χ2n) is 7.01. The van der Waals surface area contributed by atoms with Gasteiger partial charge < -0.3 is 4.74 Å². The summed E-state index contributed by atoms with van der Waals surface area (Å²) in [6, 6.07) is 25.4. The molecule has 1 aliphatic heterocycles. The third kappa shape index (κ3) is 4.11. The number of aryl methyl sites for hydroxylation is 1. The molecule has 4 rings (SSSR count). The van der Waals surface area contributed by atoms with Crippen LogP contribution in [-0.2, 0) is 11.4 Å². The number of hydrogen-bond donors (Lipinski definition) is 0. The number of ether oxygens (including phenoxy) is 1. The van der Waals surface area contributed by atoms with Gasteiger partial charge in [-0.3, -0.25) is 4.79 Å². The highest BCUT2D eigenvalue weighted by Gasteiger charge is 2.28. The Kier molecular flexibility index (Phi) is 5.25. The first-order chi connectivity index (χ1) is 14.1. The SMILES string of the molecule is CC1=NN(c2ccccc2)C(=O)C1=Cc1ccccc1OCc1cccc(C)c1. The number of hydrogen-bond acceptors (Lipinski definition) is 3. The summed E-state index contributed by atoms with van der Waals surface area (Å²) in [6.45, 7) is 4.39. The van der Waals surface area contributed by atoms with Crippen LogP contribution >= 0.6 is 0 Å². The minimum Gasteiger partial charge on any atom is -0.488 e. The Bertz CT molecular complexity index is 1100. The van der Waals surface area contributed by atoms with Crippen molar-refractivity contribution in [1.82, 2.24) is 0 Å². The number of para-hydroxylation sites is 2. The number of rotatable bonds is 5. The highest BCUT2D eigenvalue weighted by Crippen LogP contribution is 2.28. The molecule has 0 saturated carbocycles. The number of benzene rings is 3. The Morgan fingerprint density at radius 3 is 2.48 bits per heavy atom. The highest BCUT2D eigenvalue weighted by molar-refractivity contribution is 6.32. The maximum Gasteiger partial charge on any atom is 0.280 e. The van der Waals surface area contributed by atoms with Crippen LogP contribution in [0.4, 0.5) is 5.69 Å². The van der Waals surface area contributed by atoms with Crippen LogP contribution in [0.1, 0.15) is 23.6 Å². The second kappa shape index (κ2) is 8.15. The Hall–Kier alpha value is -3.66. The summed E-state index contributed by atoms with van der Waals surface area (Å²) in [7, 11) is 0. The minimum atomic E-state index is -0.137. The molecule has 0 atom stereocenters. The van der Waals surface area contributed by atoms with Crippen LogP contribution in [0.3, 0.4) is 0 Å². The van der Waals surface area contributed by atoms with Crippen molar-refractivity contribution in [3.63, 3.8) is 0 Å². The molecule has 0 aliphatic carbocycles. The van der Waals surface area contributed by atoms with E-state index in [-0.39, 0.29) is 5.91 Å². The average molecular weight is 382 g/mol. The predicted molar refractivity (Wildman–Crippen MR) is 117 cm³/mol. The van der Waals surface area contributed by atoms with Crippen LogP contribution in [-0.4, -0.2) is 11.6 Å². The van der Waals surface area contributed by atoms with Gasteiger partial charge in [0.05, 0.1) is 17.0 Å². The van der Waals surface area contributed by atoms with Gasteiger partial charge in [-0.05, 0) is 43.7 Å². The van der Waals surface area contributed by atoms with Crippen molar-refractivity contribution in [2.45, 2.75) is 20.5 Å². The molecule has 0 aromatic heterocycles. The Morgan fingerprint density at radius 2 is 1.69 bits per heavy atom. The van der Waals surface area contributed by atoms with Crippen LogP contribution in [0.25, 0.3) is 6.08 Å². The molecule has 3 aromatic carbocycles. The van der Waals surface area contributed by atoms with Gasteiger partial charge in [-0.25, -0.2) is 0 Å². The molecule has 1 heterocycles. The molecule has 0 spiro atoms. The van der Waals surface area contributed by atoms with E-state index in [0.29, 0.717) is 17.9 Å². The lowest BCUT2D eigenvalue weighted by Crippen LogP contribution is -2.21. The summed E-state index contributed by atoms with van der Waals surface area (Å²) in [4.78, 5) is 13.0. The first-order valence-electron chi connectivity index (χ1n) is 9.56. The van der Waals surface area contributed by atoms with Crippen molar-refractivity contribution in [3.05, 3.63) is 101 Å². The lowest BCUT2D eigenvalue weighted by atomic mass is 10.1. The van der Waals surface area contributed by atoms with E-state index in [1.54, 1.807) is 0 Å². The van der Waals surface area contributed by atoms with Crippen LogP contribution in [0.15, 0.2) is 89.5 Å². The van der Waals surface area contributed by atoms with Gasteiger partial charge in [-0.15, -0.1) is 0 Å². The zero-order chi connectivity index (χ0) is 20.2. The Balaban J connectivity index is 1.58. The van der Waals surface area contributed by atoms with Crippen molar-refractivity contribution >= 4 is 23.4 Å². The first kappa shape index (κ1) is 18.7. The van der Waals surface area contributed by atoms with E-state index in [2.05, 4.69) is 24.2 Å². The largest absolute Gasteiger partial charge is 0.488 e. The van der Waals surface area contributed by atoms with E-state index in [0.717, 1.165) is 22.6 Å². The molecule has 0 unspecified atom stereocenters. The van der Waals surface area contributed by atoms with E-state index < -0.39 is 0 Å². The number of carbonyl (C=O) groups is 1. The normalized spacial score (nSPS) is 15.0. The van der Waals surface area contributed by atoms with Crippen LogP contribution in [0, 0.1) is 6.92 Å². The molecule has 29 heavy (non-hydrogen) atoms. The fourth-order valence-corrected chi connectivity index (χ4v) is 3.28. The lowest BCUT2D eigenvalue weighted by Gasteiger charge is -2.12. The van der Waals surface area contributed by atoms with Gasteiger partial charge in [0.1, 0.15) is 12.4 Å². The van der Waals surface area contributed by atoms with Gasteiger partial charge in [0.25, 0.3) is 5.91 Å². The Morgan fingerprint density at radius 1 is 0.931 bits per heavy atom. The fourth-order valence-electron chi connectivity index (χ4n) is 3.28. The molecule has 1 amide bonds. The van der Waals surface area contributed by atoms with Crippen molar-refractivity contribution in [3.8, 4) is 5.75 Å². The van der Waals surface area contributed by atoms with E-state index in [9.17, 15) is 4.79 Å². The summed E-state index contributed by atoms with van der Waals surface area (Å²) in [5.74, 6) is 0.599. The number of amides is 1. The zero-order valence-electron chi connectivity index (χ0n) is 16.5. The molecule has 0 fully saturated rings. The molecular formula is C25H22N2O2. The molecule has 4 nitrogen and oxygen atoms in total. The van der Waals surface area contributed by atoms with E-state index in [4.69, 9.17) is 4.74 Å². The van der Waals surface area contributed by atoms with Crippen LogP contribution < -0.4 is 9.75 Å². The van der Waals surface area contributed by atoms with E-state index in [1.165, 1.54) is 10.6 Å². The van der Waals surface area contributed by atoms with Crippen molar-refractivity contribution in [1.29, 1.82) is 0 Å². The minimum absolute atomic E-state index is 0.137. The Labute approximate surface area is 170 Å². The van der Waals surface area contributed by atoms with Gasteiger partial charge in [-0.2, -0.15) is 10.1 Å². The molecular weight excluding hydrogens is 360 g/mol. The van der Waals surface area contributed by atoms with E-state index in [1.807, 2.05) is 79.7 Å². The van der Waals surface area contributed by atoms with Crippen LogP contribution in [0.2, 0.25) is 0 Å². The van der Waals surface area contributed by atoms with Gasteiger partial charge in [0, 0.05) is 5.56 Å². The maximum absolute atomic E-state index is 13.0. The summed E-state index contributed by atoms with van der Waals surface area (Å²) in [5, 5.41) is 5.88. The predicted octanol–water partition coefficient (Wildman–Crippen LogP) is 5.38.